The highest BCUT2D eigenvalue weighted by Gasteiger charge is 2.22. The van der Waals surface area contributed by atoms with Crippen molar-refractivity contribution in [2.24, 2.45) is 0 Å². The molecule has 1 aliphatic heterocycles. The molecule has 1 N–H and O–H groups in total. The van der Waals surface area contributed by atoms with E-state index in [-0.39, 0.29) is 6.42 Å². The predicted molar refractivity (Wildman–Crippen MR) is 64.5 cm³/mol. The van der Waals surface area contributed by atoms with E-state index < -0.39 is 5.97 Å². The Morgan fingerprint density at radius 2 is 2.31 bits per heavy atom. The number of carboxylic acids is 1. The molecule has 0 aromatic carbocycles. The number of nitrogens with zero attached hydrogens (tertiary/aromatic N) is 2. The fourth-order valence-corrected chi connectivity index (χ4v) is 2.26. The van der Waals surface area contributed by atoms with Crippen LogP contribution in [0.15, 0.2) is 12.7 Å². The van der Waals surface area contributed by atoms with Gasteiger partial charge in [-0.3, -0.25) is 9.69 Å². The lowest BCUT2D eigenvalue weighted by molar-refractivity contribution is -0.137. The smallest absolute Gasteiger partial charge is 0.303 e. The molecule has 0 spiro atoms. The topological polar surface area (TPSA) is 43.8 Å². The zero-order chi connectivity index (χ0) is 12.0. The van der Waals surface area contributed by atoms with Crippen molar-refractivity contribution < 1.29 is 9.90 Å². The number of aliphatic carboxylic acids is 1. The Hall–Kier alpha value is -0.870. The minimum Gasteiger partial charge on any atom is -0.481 e. The van der Waals surface area contributed by atoms with E-state index >= 15 is 0 Å². The first-order chi connectivity index (χ1) is 7.63. The van der Waals surface area contributed by atoms with Crippen molar-refractivity contribution in [3.63, 3.8) is 0 Å². The van der Waals surface area contributed by atoms with Crippen LogP contribution in [0.3, 0.4) is 0 Å². The van der Waals surface area contributed by atoms with Crippen LogP contribution in [-0.2, 0) is 4.79 Å². The van der Waals surface area contributed by atoms with Crippen molar-refractivity contribution in [2.45, 2.75) is 25.3 Å². The first-order valence-corrected chi connectivity index (χ1v) is 5.88. The number of hydrogen-bond acceptors (Lipinski definition) is 3. The zero-order valence-corrected chi connectivity index (χ0v) is 10.1. The highest BCUT2D eigenvalue weighted by Crippen LogP contribution is 2.13. The lowest BCUT2D eigenvalue weighted by Crippen LogP contribution is -2.40. The van der Waals surface area contributed by atoms with E-state index in [9.17, 15) is 4.79 Å². The summed E-state index contributed by atoms with van der Waals surface area (Å²) in [7, 11) is 2.10. The second-order valence-corrected chi connectivity index (χ2v) is 4.49. The largest absolute Gasteiger partial charge is 0.481 e. The van der Waals surface area contributed by atoms with Gasteiger partial charge in [-0.15, -0.1) is 6.58 Å². The maximum absolute atomic E-state index is 10.6. The predicted octanol–water partition coefficient (Wildman–Crippen LogP) is 1.04. The van der Waals surface area contributed by atoms with Crippen LogP contribution in [0.1, 0.15) is 19.3 Å². The van der Waals surface area contributed by atoms with Crippen molar-refractivity contribution in [3.8, 4) is 0 Å². The molecule has 4 heteroatoms. The molecule has 1 heterocycles. The quantitative estimate of drug-likeness (QED) is 0.711. The summed E-state index contributed by atoms with van der Waals surface area (Å²) >= 11 is 0. The summed E-state index contributed by atoms with van der Waals surface area (Å²) in [6.45, 7) is 7.72. The van der Waals surface area contributed by atoms with Gasteiger partial charge in [-0.05, 0) is 26.4 Å². The van der Waals surface area contributed by atoms with Gasteiger partial charge < -0.3 is 10.0 Å². The molecule has 0 radical (unpaired) electrons. The number of hydrogen-bond donors (Lipinski definition) is 1. The molecule has 1 aliphatic rings. The summed E-state index contributed by atoms with van der Waals surface area (Å²) in [4.78, 5) is 15.3. The van der Waals surface area contributed by atoms with Crippen molar-refractivity contribution in [1.29, 1.82) is 0 Å². The van der Waals surface area contributed by atoms with Gasteiger partial charge >= 0.3 is 5.97 Å². The summed E-state index contributed by atoms with van der Waals surface area (Å²) in [5, 5.41) is 8.74. The molecule has 0 amide bonds. The Balaban J connectivity index is 2.55. The fourth-order valence-electron chi connectivity index (χ4n) is 2.26. The van der Waals surface area contributed by atoms with Gasteiger partial charge in [0.05, 0.1) is 0 Å². The molecule has 0 aromatic rings. The second-order valence-electron chi connectivity index (χ2n) is 4.49. The molecule has 1 fully saturated rings. The Morgan fingerprint density at radius 1 is 1.56 bits per heavy atom. The molecule has 1 atom stereocenters. The molecule has 16 heavy (non-hydrogen) atoms. The Kier molecular flexibility index (Phi) is 5.49. The molecule has 1 unspecified atom stereocenters. The van der Waals surface area contributed by atoms with Crippen LogP contribution in [0.4, 0.5) is 0 Å². The Morgan fingerprint density at radius 3 is 2.94 bits per heavy atom. The number of carbonyl (C=O) groups is 1. The van der Waals surface area contributed by atoms with Gasteiger partial charge in [0, 0.05) is 32.1 Å². The molecular formula is C12H22N2O2. The second kappa shape index (κ2) is 6.66. The van der Waals surface area contributed by atoms with E-state index in [1.807, 2.05) is 6.08 Å². The minimum atomic E-state index is -0.703. The number of carboxylic acid groups (broad SMARTS) is 1. The highest BCUT2D eigenvalue weighted by atomic mass is 16.4. The summed E-state index contributed by atoms with van der Waals surface area (Å²) in [6.07, 6.45) is 4.03. The molecular weight excluding hydrogens is 204 g/mol. The normalized spacial score (nSPS) is 23.9. The van der Waals surface area contributed by atoms with E-state index in [2.05, 4.69) is 23.4 Å². The Bertz CT molecular complexity index is 243. The summed E-state index contributed by atoms with van der Waals surface area (Å²) in [5.74, 6) is -0.703. The van der Waals surface area contributed by atoms with E-state index in [4.69, 9.17) is 5.11 Å². The van der Waals surface area contributed by atoms with Crippen LogP contribution in [-0.4, -0.2) is 60.1 Å². The molecule has 0 aromatic heterocycles. The van der Waals surface area contributed by atoms with Crippen LogP contribution in [0, 0.1) is 0 Å². The number of rotatable bonds is 5. The minimum absolute atomic E-state index is 0.256. The maximum atomic E-state index is 10.6. The van der Waals surface area contributed by atoms with Gasteiger partial charge in [0.1, 0.15) is 0 Å². The summed E-state index contributed by atoms with van der Waals surface area (Å²) in [5.41, 5.74) is 0. The molecule has 4 nitrogen and oxygen atoms in total. The average molecular weight is 226 g/mol. The third-order valence-corrected chi connectivity index (χ3v) is 3.08. The maximum Gasteiger partial charge on any atom is 0.303 e. The van der Waals surface area contributed by atoms with Crippen molar-refractivity contribution in [2.75, 3.05) is 33.2 Å². The van der Waals surface area contributed by atoms with Crippen LogP contribution in [0.5, 0.6) is 0 Å². The summed E-state index contributed by atoms with van der Waals surface area (Å²) in [6, 6.07) is 0.349. The van der Waals surface area contributed by atoms with Gasteiger partial charge in [-0.25, -0.2) is 0 Å². The van der Waals surface area contributed by atoms with Crippen LogP contribution >= 0.6 is 0 Å². The van der Waals surface area contributed by atoms with Crippen molar-refractivity contribution in [1.82, 2.24) is 9.80 Å². The SMILES string of the molecule is C=CCN1CCCN(C)CC1CCC(=O)O. The van der Waals surface area contributed by atoms with Gasteiger partial charge in [-0.2, -0.15) is 0 Å². The standard InChI is InChI=1S/C12H22N2O2/c1-3-7-14-9-4-8-13(2)10-11(14)5-6-12(15)16/h3,11H,1,4-10H2,2H3,(H,15,16). The molecule has 1 saturated heterocycles. The third kappa shape index (κ3) is 4.33. The third-order valence-electron chi connectivity index (χ3n) is 3.08. The number of likely N-dealkylation sites (N-methyl/N-ethyl adjacent to an activating group) is 1. The van der Waals surface area contributed by atoms with E-state index in [0.29, 0.717) is 6.04 Å². The van der Waals surface area contributed by atoms with Crippen molar-refractivity contribution in [3.05, 3.63) is 12.7 Å². The van der Waals surface area contributed by atoms with Gasteiger partial charge in [0.2, 0.25) is 0 Å². The molecule has 0 aliphatic carbocycles. The van der Waals surface area contributed by atoms with Crippen LogP contribution in [0.2, 0.25) is 0 Å². The molecule has 0 saturated carbocycles. The molecule has 1 rings (SSSR count). The van der Waals surface area contributed by atoms with Gasteiger partial charge in [0.15, 0.2) is 0 Å². The first-order valence-electron chi connectivity index (χ1n) is 5.88. The fraction of sp³-hybridized carbons (Fsp3) is 0.750. The van der Waals surface area contributed by atoms with E-state index in [0.717, 1.165) is 39.0 Å². The monoisotopic (exact) mass is 226 g/mol. The summed E-state index contributed by atoms with van der Waals surface area (Å²) < 4.78 is 0. The first kappa shape index (κ1) is 13.2. The molecule has 92 valence electrons. The van der Waals surface area contributed by atoms with Gasteiger partial charge in [0.25, 0.3) is 0 Å². The molecule has 0 bridgehead atoms. The van der Waals surface area contributed by atoms with E-state index in [1.54, 1.807) is 0 Å². The van der Waals surface area contributed by atoms with E-state index in [1.165, 1.54) is 0 Å². The average Bonchev–Trinajstić information content (AvgIpc) is 2.38. The lowest BCUT2D eigenvalue weighted by Gasteiger charge is -2.29. The van der Waals surface area contributed by atoms with Crippen LogP contribution in [0.25, 0.3) is 0 Å². The van der Waals surface area contributed by atoms with Crippen LogP contribution < -0.4 is 0 Å². The Labute approximate surface area is 97.5 Å². The lowest BCUT2D eigenvalue weighted by atomic mass is 10.1. The van der Waals surface area contributed by atoms with Crippen molar-refractivity contribution >= 4 is 5.97 Å². The zero-order valence-electron chi connectivity index (χ0n) is 10.1. The highest BCUT2D eigenvalue weighted by molar-refractivity contribution is 5.66. The van der Waals surface area contributed by atoms with Gasteiger partial charge in [-0.1, -0.05) is 6.08 Å².